The van der Waals surface area contributed by atoms with E-state index in [0.717, 1.165) is 5.56 Å². The molecule has 2 amide bonds. The van der Waals surface area contributed by atoms with E-state index in [1.807, 2.05) is 6.07 Å². The Balaban J connectivity index is 1.81. The van der Waals surface area contributed by atoms with E-state index < -0.39 is 24.0 Å². The third kappa shape index (κ3) is 6.12. The lowest BCUT2D eigenvalue weighted by molar-refractivity contribution is -0.125. The first-order chi connectivity index (χ1) is 18.4. The monoisotopic (exact) mass is 577 g/mol. The molecule has 9 heteroatoms. The van der Waals surface area contributed by atoms with Crippen LogP contribution in [0.2, 0.25) is 5.02 Å². The summed E-state index contributed by atoms with van der Waals surface area (Å²) >= 11 is 12.2. The van der Waals surface area contributed by atoms with E-state index in [9.17, 15) is 19.1 Å². The molecule has 0 aromatic heterocycles. The molecule has 2 aliphatic heterocycles. The third-order valence-corrected chi connectivity index (χ3v) is 8.52. The number of benzene rings is 1. The van der Waals surface area contributed by atoms with E-state index in [1.165, 1.54) is 6.08 Å². The van der Waals surface area contributed by atoms with Crippen molar-refractivity contribution in [3.63, 3.8) is 0 Å². The Bertz CT molecular complexity index is 1190. The van der Waals surface area contributed by atoms with Gasteiger partial charge in [-0.25, -0.2) is 4.39 Å². The van der Waals surface area contributed by atoms with Crippen LogP contribution in [0.1, 0.15) is 58.4 Å². The van der Waals surface area contributed by atoms with Crippen LogP contribution in [-0.4, -0.2) is 47.8 Å². The summed E-state index contributed by atoms with van der Waals surface area (Å²) in [6, 6.07) is 4.16. The molecular weight excluding hydrogens is 540 g/mol. The van der Waals surface area contributed by atoms with Crippen LogP contribution in [0.25, 0.3) is 0 Å². The average Bonchev–Trinajstić information content (AvgIpc) is 3.34. The summed E-state index contributed by atoms with van der Waals surface area (Å²) in [6.07, 6.45) is 7.67. The summed E-state index contributed by atoms with van der Waals surface area (Å²) in [4.78, 5) is 28.0. The van der Waals surface area contributed by atoms with Gasteiger partial charge in [-0.2, -0.15) is 0 Å². The molecule has 1 spiro atoms. The number of rotatable bonds is 7. The van der Waals surface area contributed by atoms with E-state index in [0.29, 0.717) is 48.4 Å². The summed E-state index contributed by atoms with van der Waals surface area (Å²) < 4.78 is 12.9. The molecule has 4 N–H and O–H groups in total. The standard InChI is InChI=1S/C30H38Cl2FN3O3/c1-17(6-5-7-19(32)16-33)25-26(27(38)34-20-9-11-21(37)12-10-20)36-24(15-29(2,3)4)30(25)22-13-8-18(31)14-23(22)35-28(30)39/h5-8,13-14,20-21,24-26,36-37H,1,9-12,15-16H2,2-4H3,(H,34,38)(H,35,39)/b6-5-,19-7+/t20?,21?,24-,25-,26+,30+/m0/s1. The number of fused-ring (bicyclic) bond motifs is 2. The van der Waals surface area contributed by atoms with Gasteiger partial charge >= 0.3 is 0 Å². The fourth-order valence-corrected chi connectivity index (χ4v) is 6.65. The first kappa shape index (κ1) is 29.8. The number of alkyl halides is 1. The molecule has 4 atom stereocenters. The predicted molar refractivity (Wildman–Crippen MR) is 155 cm³/mol. The van der Waals surface area contributed by atoms with Crippen LogP contribution in [0.15, 0.2) is 53.6 Å². The molecule has 1 saturated carbocycles. The number of aliphatic hydroxyl groups excluding tert-OH is 1. The summed E-state index contributed by atoms with van der Waals surface area (Å²) in [5.74, 6) is -1.07. The lowest BCUT2D eigenvalue weighted by Gasteiger charge is -2.38. The van der Waals surface area contributed by atoms with E-state index in [2.05, 4.69) is 43.3 Å². The SMILES string of the molecule is C=C(/C=C\C=C(\Cl)CF)[C@H]1[C@H](C(=O)NC2CCC(O)CC2)N[C@@H](CC(C)(C)C)[C@@]12C(=O)Nc1cc(Cl)ccc12. The second-order valence-corrected chi connectivity index (χ2v) is 13.1. The molecule has 1 aromatic carbocycles. The fourth-order valence-electron chi connectivity index (χ4n) is 6.41. The smallest absolute Gasteiger partial charge is 0.238 e. The van der Waals surface area contributed by atoms with Gasteiger partial charge in [0.2, 0.25) is 11.8 Å². The largest absolute Gasteiger partial charge is 0.393 e. The van der Waals surface area contributed by atoms with Gasteiger partial charge in [0.25, 0.3) is 0 Å². The fraction of sp³-hybridized carbons (Fsp3) is 0.533. The lowest BCUT2D eigenvalue weighted by atomic mass is 9.62. The van der Waals surface area contributed by atoms with Crippen molar-refractivity contribution in [3.05, 3.63) is 64.2 Å². The highest BCUT2D eigenvalue weighted by atomic mass is 35.5. The Hall–Kier alpha value is -2.19. The molecule has 4 rings (SSSR count). The third-order valence-electron chi connectivity index (χ3n) is 8.06. The van der Waals surface area contributed by atoms with Gasteiger partial charge in [0, 0.05) is 33.7 Å². The number of aliphatic hydroxyl groups is 1. The molecule has 1 aliphatic carbocycles. The van der Waals surface area contributed by atoms with Crippen LogP contribution in [0.5, 0.6) is 0 Å². The normalized spacial score (nSPS) is 31.0. The zero-order valence-corrected chi connectivity index (χ0v) is 24.2. The number of anilines is 1. The van der Waals surface area contributed by atoms with Crippen LogP contribution in [0.4, 0.5) is 10.1 Å². The lowest BCUT2D eigenvalue weighted by Crippen LogP contribution is -2.51. The maximum atomic E-state index is 14.1. The summed E-state index contributed by atoms with van der Waals surface area (Å²) in [5, 5.41) is 20.2. The molecule has 3 aliphatic rings. The van der Waals surface area contributed by atoms with Crippen molar-refractivity contribution >= 4 is 40.7 Å². The van der Waals surface area contributed by atoms with Crippen molar-refractivity contribution in [2.45, 2.75) is 82.5 Å². The summed E-state index contributed by atoms with van der Waals surface area (Å²) in [6.45, 7) is 9.83. The van der Waals surface area contributed by atoms with Crippen molar-refractivity contribution in [1.82, 2.24) is 10.6 Å². The van der Waals surface area contributed by atoms with E-state index in [-0.39, 0.29) is 40.4 Å². The molecule has 1 saturated heterocycles. The molecule has 212 valence electrons. The molecular formula is C30H38Cl2FN3O3. The minimum atomic E-state index is -1.13. The summed E-state index contributed by atoms with van der Waals surface area (Å²) in [7, 11) is 0. The highest BCUT2D eigenvalue weighted by Crippen LogP contribution is 2.55. The maximum Gasteiger partial charge on any atom is 0.238 e. The van der Waals surface area contributed by atoms with Crippen molar-refractivity contribution in [2.75, 3.05) is 12.0 Å². The zero-order valence-electron chi connectivity index (χ0n) is 22.7. The number of carbonyl (C=O) groups is 2. The van der Waals surface area contributed by atoms with Gasteiger partial charge in [0.15, 0.2) is 0 Å². The minimum Gasteiger partial charge on any atom is -0.393 e. The number of hydrogen-bond donors (Lipinski definition) is 4. The number of halogens is 3. The number of carbonyl (C=O) groups excluding carboxylic acids is 2. The van der Waals surface area contributed by atoms with Crippen molar-refractivity contribution in [1.29, 1.82) is 0 Å². The van der Waals surface area contributed by atoms with E-state index in [4.69, 9.17) is 23.2 Å². The zero-order chi connectivity index (χ0) is 28.5. The van der Waals surface area contributed by atoms with Crippen molar-refractivity contribution in [3.8, 4) is 0 Å². The molecule has 0 bridgehead atoms. The Morgan fingerprint density at radius 3 is 2.62 bits per heavy atom. The molecule has 0 unspecified atom stereocenters. The van der Waals surface area contributed by atoms with Gasteiger partial charge in [0.1, 0.15) is 12.1 Å². The Morgan fingerprint density at radius 2 is 1.97 bits per heavy atom. The second-order valence-electron chi connectivity index (χ2n) is 12.1. The van der Waals surface area contributed by atoms with Crippen molar-refractivity contribution in [2.24, 2.45) is 11.3 Å². The predicted octanol–water partition coefficient (Wildman–Crippen LogP) is 5.55. The van der Waals surface area contributed by atoms with Gasteiger partial charge in [-0.15, -0.1) is 0 Å². The van der Waals surface area contributed by atoms with Crippen LogP contribution >= 0.6 is 23.2 Å². The Morgan fingerprint density at radius 1 is 1.28 bits per heavy atom. The van der Waals surface area contributed by atoms with Gasteiger partial charge in [-0.1, -0.05) is 68.8 Å². The van der Waals surface area contributed by atoms with Gasteiger partial charge in [-0.05, 0) is 66.9 Å². The molecule has 39 heavy (non-hydrogen) atoms. The molecule has 0 radical (unpaired) electrons. The van der Waals surface area contributed by atoms with Crippen LogP contribution < -0.4 is 16.0 Å². The molecule has 2 fully saturated rings. The van der Waals surface area contributed by atoms with Gasteiger partial charge in [-0.3, -0.25) is 9.59 Å². The Kier molecular flexibility index (Phi) is 8.96. The van der Waals surface area contributed by atoms with Crippen LogP contribution in [0.3, 0.4) is 0 Å². The van der Waals surface area contributed by atoms with E-state index >= 15 is 0 Å². The maximum absolute atomic E-state index is 14.1. The second kappa shape index (κ2) is 11.7. The number of nitrogens with one attached hydrogen (secondary N) is 3. The van der Waals surface area contributed by atoms with Crippen LogP contribution in [0, 0.1) is 11.3 Å². The number of allylic oxidation sites excluding steroid dienone is 4. The Labute approximate surface area is 240 Å². The molecule has 2 heterocycles. The first-order valence-corrected chi connectivity index (χ1v) is 14.3. The highest BCUT2D eigenvalue weighted by molar-refractivity contribution is 6.31. The van der Waals surface area contributed by atoms with Crippen LogP contribution in [-0.2, 0) is 15.0 Å². The molecule has 6 nitrogen and oxygen atoms in total. The van der Waals surface area contributed by atoms with Crippen molar-refractivity contribution < 1.29 is 19.1 Å². The quantitative estimate of drug-likeness (QED) is 0.320. The average molecular weight is 579 g/mol. The summed E-state index contributed by atoms with van der Waals surface area (Å²) in [5.41, 5.74) is 0.650. The van der Waals surface area contributed by atoms with Gasteiger partial charge in [0.05, 0.1) is 12.1 Å². The van der Waals surface area contributed by atoms with E-state index in [1.54, 1.807) is 24.3 Å². The van der Waals surface area contributed by atoms with Gasteiger partial charge < -0.3 is 21.1 Å². The topological polar surface area (TPSA) is 90.5 Å². The first-order valence-electron chi connectivity index (χ1n) is 13.5. The number of amides is 2. The minimum absolute atomic E-state index is 0.0382. The highest BCUT2D eigenvalue weighted by Gasteiger charge is 2.65. The molecule has 1 aromatic rings. The number of hydrogen-bond acceptors (Lipinski definition) is 4.